The molecule has 1 heterocycles. The second-order valence-corrected chi connectivity index (χ2v) is 6.54. The first kappa shape index (κ1) is 13.2. The van der Waals surface area contributed by atoms with Gasteiger partial charge in [0.1, 0.15) is 0 Å². The maximum absolute atomic E-state index is 3.61. The van der Waals surface area contributed by atoms with Crippen molar-refractivity contribution < 1.29 is 0 Å². The lowest BCUT2D eigenvalue weighted by Gasteiger charge is -2.14. The Hall–Kier alpha value is -1.80. The van der Waals surface area contributed by atoms with Crippen LogP contribution in [-0.2, 0) is 0 Å². The van der Waals surface area contributed by atoms with E-state index in [0.717, 1.165) is 0 Å². The van der Waals surface area contributed by atoms with Gasteiger partial charge in [-0.1, -0.05) is 24.3 Å². The third-order valence-corrected chi connectivity index (χ3v) is 4.78. The summed E-state index contributed by atoms with van der Waals surface area (Å²) in [6.07, 6.45) is 0. The topological polar surface area (TPSA) is 12.0 Å². The summed E-state index contributed by atoms with van der Waals surface area (Å²) in [5, 5.41) is 4.95. The van der Waals surface area contributed by atoms with Crippen molar-refractivity contribution in [3.8, 4) is 0 Å². The van der Waals surface area contributed by atoms with Crippen LogP contribution in [0.5, 0.6) is 0 Å². The Morgan fingerprint density at radius 2 is 1.65 bits per heavy atom. The Kier molecular flexibility index (Phi) is 3.49. The van der Waals surface area contributed by atoms with Crippen molar-refractivity contribution in [3.05, 3.63) is 64.5 Å². The normalized spacial score (nSPS) is 12.6. The van der Waals surface area contributed by atoms with Gasteiger partial charge in [-0.25, -0.2) is 0 Å². The Morgan fingerprint density at radius 1 is 0.950 bits per heavy atom. The summed E-state index contributed by atoms with van der Waals surface area (Å²) in [6, 6.07) is 17.8. The fraction of sp³-hybridized carbons (Fsp3) is 0.222. The van der Waals surface area contributed by atoms with Gasteiger partial charge in [-0.15, -0.1) is 11.3 Å². The van der Waals surface area contributed by atoms with Gasteiger partial charge >= 0.3 is 0 Å². The smallest absolute Gasteiger partial charge is 0.0578 e. The zero-order valence-electron chi connectivity index (χ0n) is 12.1. The van der Waals surface area contributed by atoms with Gasteiger partial charge in [-0.2, -0.15) is 0 Å². The van der Waals surface area contributed by atoms with Crippen molar-refractivity contribution in [1.82, 2.24) is 0 Å². The standard InChI is InChI=1S/C18H19NS/c1-12-8-13(2)10-16(9-12)19-14(3)18-11-15-6-4-5-7-17(15)20-18/h4-11,14,19H,1-3H3. The molecule has 0 amide bonds. The van der Waals surface area contributed by atoms with E-state index >= 15 is 0 Å². The summed E-state index contributed by atoms with van der Waals surface area (Å²) in [5.74, 6) is 0. The van der Waals surface area contributed by atoms with Gasteiger partial charge in [0.05, 0.1) is 6.04 Å². The number of hydrogen-bond donors (Lipinski definition) is 1. The minimum atomic E-state index is 0.327. The van der Waals surface area contributed by atoms with Crippen molar-refractivity contribution in [2.75, 3.05) is 5.32 Å². The van der Waals surface area contributed by atoms with Crippen LogP contribution < -0.4 is 5.32 Å². The molecule has 1 aromatic heterocycles. The van der Waals surface area contributed by atoms with Crippen molar-refractivity contribution in [1.29, 1.82) is 0 Å². The van der Waals surface area contributed by atoms with Gasteiger partial charge in [0, 0.05) is 15.3 Å². The zero-order chi connectivity index (χ0) is 14.1. The Labute approximate surface area is 124 Å². The summed E-state index contributed by atoms with van der Waals surface area (Å²) in [5.41, 5.74) is 3.81. The zero-order valence-corrected chi connectivity index (χ0v) is 12.9. The number of rotatable bonds is 3. The van der Waals surface area contributed by atoms with E-state index in [-0.39, 0.29) is 0 Å². The highest BCUT2D eigenvalue weighted by molar-refractivity contribution is 7.19. The molecule has 102 valence electrons. The second kappa shape index (κ2) is 5.29. The molecule has 0 saturated heterocycles. The highest BCUT2D eigenvalue weighted by atomic mass is 32.1. The van der Waals surface area contributed by atoms with Crippen LogP contribution in [0, 0.1) is 13.8 Å². The van der Waals surface area contributed by atoms with Gasteiger partial charge in [0.15, 0.2) is 0 Å². The molecule has 0 radical (unpaired) electrons. The molecule has 0 spiro atoms. The van der Waals surface area contributed by atoms with Gasteiger partial charge in [0.25, 0.3) is 0 Å². The lowest BCUT2D eigenvalue weighted by molar-refractivity contribution is 0.908. The number of hydrogen-bond acceptors (Lipinski definition) is 2. The average molecular weight is 281 g/mol. The fourth-order valence-corrected chi connectivity index (χ4v) is 3.66. The molecule has 2 aromatic carbocycles. The molecule has 3 rings (SSSR count). The molecular formula is C18H19NS. The van der Waals surface area contributed by atoms with Crippen LogP contribution in [0.1, 0.15) is 29.0 Å². The average Bonchev–Trinajstić information content (AvgIpc) is 2.81. The van der Waals surface area contributed by atoms with Crippen LogP contribution in [0.4, 0.5) is 5.69 Å². The molecule has 2 heteroatoms. The van der Waals surface area contributed by atoms with Crippen LogP contribution in [-0.4, -0.2) is 0 Å². The van der Waals surface area contributed by atoms with Gasteiger partial charge in [-0.05, 0) is 61.5 Å². The van der Waals surface area contributed by atoms with Crippen LogP contribution in [0.3, 0.4) is 0 Å². The second-order valence-electron chi connectivity index (χ2n) is 5.43. The minimum absolute atomic E-state index is 0.327. The van der Waals surface area contributed by atoms with Crippen molar-refractivity contribution in [3.63, 3.8) is 0 Å². The highest BCUT2D eigenvalue weighted by Crippen LogP contribution is 2.31. The van der Waals surface area contributed by atoms with Crippen molar-refractivity contribution in [2.24, 2.45) is 0 Å². The van der Waals surface area contributed by atoms with E-state index in [2.05, 4.69) is 74.6 Å². The first-order valence-electron chi connectivity index (χ1n) is 6.95. The molecule has 1 N–H and O–H groups in total. The summed E-state index contributed by atoms with van der Waals surface area (Å²) in [4.78, 5) is 1.38. The number of anilines is 1. The number of fused-ring (bicyclic) bond motifs is 1. The quantitative estimate of drug-likeness (QED) is 0.650. The first-order valence-corrected chi connectivity index (χ1v) is 7.77. The van der Waals surface area contributed by atoms with E-state index in [1.165, 1.54) is 31.8 Å². The Bertz CT molecular complexity index is 689. The number of thiophene rings is 1. The van der Waals surface area contributed by atoms with E-state index in [0.29, 0.717) is 6.04 Å². The third kappa shape index (κ3) is 2.70. The lowest BCUT2D eigenvalue weighted by Crippen LogP contribution is -2.05. The third-order valence-electron chi connectivity index (χ3n) is 3.48. The monoisotopic (exact) mass is 281 g/mol. The molecule has 0 aliphatic carbocycles. The lowest BCUT2D eigenvalue weighted by atomic mass is 10.1. The first-order chi connectivity index (χ1) is 9.61. The highest BCUT2D eigenvalue weighted by Gasteiger charge is 2.09. The van der Waals surface area contributed by atoms with Crippen LogP contribution in [0.2, 0.25) is 0 Å². The molecule has 0 bridgehead atoms. The molecule has 1 nitrogen and oxygen atoms in total. The molecule has 20 heavy (non-hydrogen) atoms. The molecule has 0 fully saturated rings. The molecule has 0 saturated carbocycles. The number of nitrogens with one attached hydrogen (secondary N) is 1. The van der Waals surface area contributed by atoms with E-state index in [4.69, 9.17) is 0 Å². The van der Waals surface area contributed by atoms with Crippen LogP contribution >= 0.6 is 11.3 Å². The van der Waals surface area contributed by atoms with E-state index < -0.39 is 0 Å². The van der Waals surface area contributed by atoms with Gasteiger partial charge in [0.2, 0.25) is 0 Å². The van der Waals surface area contributed by atoms with Gasteiger partial charge in [-0.3, -0.25) is 0 Å². The molecule has 3 aromatic rings. The Balaban J connectivity index is 1.86. The Morgan fingerprint density at radius 3 is 2.35 bits per heavy atom. The SMILES string of the molecule is Cc1cc(C)cc(NC(C)c2cc3ccccc3s2)c1. The molecule has 1 atom stereocenters. The molecule has 0 aliphatic rings. The summed E-state index contributed by atoms with van der Waals surface area (Å²) >= 11 is 1.87. The van der Waals surface area contributed by atoms with E-state index in [9.17, 15) is 0 Å². The fourth-order valence-electron chi connectivity index (χ4n) is 2.59. The van der Waals surface area contributed by atoms with E-state index in [1.54, 1.807) is 0 Å². The molecular weight excluding hydrogens is 262 g/mol. The van der Waals surface area contributed by atoms with Crippen LogP contribution in [0.25, 0.3) is 10.1 Å². The summed E-state index contributed by atoms with van der Waals surface area (Å²) < 4.78 is 1.36. The molecule has 0 aliphatic heterocycles. The largest absolute Gasteiger partial charge is 0.378 e. The maximum Gasteiger partial charge on any atom is 0.0578 e. The van der Waals surface area contributed by atoms with E-state index in [1.807, 2.05) is 11.3 Å². The van der Waals surface area contributed by atoms with Crippen LogP contribution in [0.15, 0.2) is 48.5 Å². The van der Waals surface area contributed by atoms with Gasteiger partial charge < -0.3 is 5.32 Å². The van der Waals surface area contributed by atoms with Crippen molar-refractivity contribution in [2.45, 2.75) is 26.8 Å². The number of benzene rings is 2. The maximum atomic E-state index is 3.61. The summed E-state index contributed by atoms with van der Waals surface area (Å²) in [6.45, 7) is 6.51. The number of aryl methyl sites for hydroxylation is 2. The predicted molar refractivity (Wildman–Crippen MR) is 89.8 cm³/mol. The minimum Gasteiger partial charge on any atom is -0.378 e. The van der Waals surface area contributed by atoms with Crippen molar-refractivity contribution >= 4 is 27.1 Å². The predicted octanol–water partition coefficient (Wildman–Crippen LogP) is 5.69. The summed E-state index contributed by atoms with van der Waals surface area (Å²) in [7, 11) is 0. The molecule has 1 unspecified atom stereocenters.